The summed E-state index contributed by atoms with van der Waals surface area (Å²) in [5.41, 5.74) is 5.70. The molecular weight excluding hydrogens is 390 g/mol. The van der Waals surface area contributed by atoms with E-state index in [1.54, 1.807) is 10.5 Å². The van der Waals surface area contributed by atoms with Crippen molar-refractivity contribution >= 4 is 39.6 Å². The van der Waals surface area contributed by atoms with Crippen molar-refractivity contribution in [2.24, 2.45) is 0 Å². The summed E-state index contributed by atoms with van der Waals surface area (Å²) in [4.78, 5) is 17.0. The molecule has 0 aliphatic carbocycles. The van der Waals surface area contributed by atoms with Gasteiger partial charge in [-0.1, -0.05) is 35.2 Å². The second-order valence-corrected chi connectivity index (χ2v) is 8.73. The zero-order chi connectivity index (χ0) is 19.7. The molecule has 4 rings (SSSR count). The maximum Gasteiger partial charge on any atom is 0.258 e. The van der Waals surface area contributed by atoms with Crippen LogP contribution in [0.2, 0.25) is 0 Å². The van der Waals surface area contributed by atoms with Crippen molar-refractivity contribution in [2.75, 3.05) is 5.32 Å². The van der Waals surface area contributed by atoms with Gasteiger partial charge in [0.2, 0.25) is 5.13 Å². The Bertz CT molecular complexity index is 1210. The number of pyridine rings is 1. The molecule has 0 fully saturated rings. The summed E-state index contributed by atoms with van der Waals surface area (Å²) in [6.45, 7) is 6.07. The third-order valence-electron chi connectivity index (χ3n) is 4.44. The normalized spacial score (nSPS) is 11.1. The Hall–Kier alpha value is -2.71. The lowest BCUT2D eigenvalue weighted by atomic mass is 10.1. The molecule has 0 saturated heterocycles. The van der Waals surface area contributed by atoms with E-state index in [0.717, 1.165) is 26.5 Å². The standard InChI is InChI=1S/C20H19N5OS2/c1-12-7-8-15(9-13(12)2)22-19-23-24-20(28-19)27-11-16-10-18(26)25-14(3)5-4-6-17(25)21-16/h4-10H,11H2,1-3H3,(H,22,23). The lowest BCUT2D eigenvalue weighted by molar-refractivity contribution is 0.967. The van der Waals surface area contributed by atoms with Crippen molar-refractivity contribution in [3.05, 3.63) is 75.3 Å². The molecule has 0 aliphatic rings. The Labute approximate surface area is 170 Å². The predicted molar refractivity (Wildman–Crippen MR) is 115 cm³/mol. The lowest BCUT2D eigenvalue weighted by Gasteiger charge is -2.05. The van der Waals surface area contributed by atoms with Gasteiger partial charge in [0.1, 0.15) is 5.65 Å². The monoisotopic (exact) mass is 409 g/mol. The summed E-state index contributed by atoms with van der Waals surface area (Å²) < 4.78 is 2.45. The van der Waals surface area contributed by atoms with Gasteiger partial charge in [-0.25, -0.2) is 4.98 Å². The third kappa shape index (κ3) is 3.93. The van der Waals surface area contributed by atoms with Crippen LogP contribution in [0.4, 0.5) is 10.8 Å². The van der Waals surface area contributed by atoms with Gasteiger partial charge < -0.3 is 5.32 Å². The number of nitrogens with zero attached hydrogens (tertiary/aromatic N) is 4. The molecule has 0 unspecified atom stereocenters. The second-order valence-electron chi connectivity index (χ2n) is 6.53. The van der Waals surface area contributed by atoms with E-state index >= 15 is 0 Å². The lowest BCUT2D eigenvalue weighted by Crippen LogP contribution is -2.17. The molecule has 3 heterocycles. The zero-order valence-corrected chi connectivity index (χ0v) is 17.4. The van der Waals surface area contributed by atoms with Crippen LogP contribution in [-0.2, 0) is 5.75 Å². The molecule has 0 aliphatic heterocycles. The number of aromatic nitrogens is 4. The first-order valence-electron chi connectivity index (χ1n) is 8.78. The van der Waals surface area contributed by atoms with Gasteiger partial charge in [0.05, 0.1) is 5.69 Å². The topological polar surface area (TPSA) is 72.2 Å². The fourth-order valence-electron chi connectivity index (χ4n) is 2.83. The molecule has 3 aromatic heterocycles. The summed E-state index contributed by atoms with van der Waals surface area (Å²) in [6, 6.07) is 13.4. The first-order valence-corrected chi connectivity index (χ1v) is 10.6. The largest absolute Gasteiger partial charge is 0.330 e. The van der Waals surface area contributed by atoms with E-state index in [0.29, 0.717) is 11.4 Å². The molecule has 142 valence electrons. The first-order chi connectivity index (χ1) is 13.5. The van der Waals surface area contributed by atoms with Crippen molar-refractivity contribution in [1.29, 1.82) is 0 Å². The highest BCUT2D eigenvalue weighted by Gasteiger charge is 2.09. The molecule has 0 bridgehead atoms. The highest BCUT2D eigenvalue weighted by molar-refractivity contribution is 8.00. The van der Waals surface area contributed by atoms with Gasteiger partial charge in [-0.15, -0.1) is 10.2 Å². The third-order valence-corrected chi connectivity index (χ3v) is 6.45. The molecule has 0 saturated carbocycles. The van der Waals surface area contributed by atoms with Gasteiger partial charge >= 0.3 is 0 Å². The molecule has 1 N–H and O–H groups in total. The number of thioether (sulfide) groups is 1. The van der Waals surface area contributed by atoms with Gasteiger partial charge in [0, 0.05) is 23.2 Å². The number of hydrogen-bond acceptors (Lipinski definition) is 7. The summed E-state index contributed by atoms with van der Waals surface area (Å²) in [7, 11) is 0. The SMILES string of the molecule is Cc1ccc(Nc2nnc(SCc3cc(=O)n4c(C)cccc4n3)s2)cc1C. The van der Waals surface area contributed by atoms with Crippen LogP contribution in [-0.4, -0.2) is 19.6 Å². The van der Waals surface area contributed by atoms with E-state index in [9.17, 15) is 4.79 Å². The average Bonchev–Trinajstić information content (AvgIpc) is 3.10. The van der Waals surface area contributed by atoms with Crippen LogP contribution >= 0.6 is 23.1 Å². The molecule has 6 nitrogen and oxygen atoms in total. The van der Waals surface area contributed by atoms with Crippen molar-refractivity contribution < 1.29 is 0 Å². The van der Waals surface area contributed by atoms with E-state index in [1.165, 1.54) is 34.2 Å². The Balaban J connectivity index is 1.47. The number of aryl methyl sites for hydroxylation is 3. The number of fused-ring (bicyclic) bond motifs is 1. The van der Waals surface area contributed by atoms with Crippen LogP contribution in [0.25, 0.3) is 5.65 Å². The predicted octanol–water partition coefficient (Wildman–Crippen LogP) is 4.51. The maximum absolute atomic E-state index is 12.4. The van der Waals surface area contributed by atoms with Crippen LogP contribution in [0, 0.1) is 20.8 Å². The summed E-state index contributed by atoms with van der Waals surface area (Å²) >= 11 is 3.01. The van der Waals surface area contributed by atoms with Gasteiger partial charge in [-0.05, 0) is 56.2 Å². The van der Waals surface area contributed by atoms with Crippen molar-refractivity contribution in [2.45, 2.75) is 30.9 Å². The molecule has 0 amide bonds. The summed E-state index contributed by atoms with van der Waals surface area (Å²) in [5, 5.41) is 12.5. The van der Waals surface area contributed by atoms with E-state index in [-0.39, 0.29) is 5.56 Å². The molecule has 28 heavy (non-hydrogen) atoms. The van der Waals surface area contributed by atoms with Gasteiger partial charge in [-0.2, -0.15) is 0 Å². The fourth-order valence-corrected chi connectivity index (χ4v) is 4.50. The quantitative estimate of drug-likeness (QED) is 0.489. The van der Waals surface area contributed by atoms with Crippen molar-refractivity contribution in [1.82, 2.24) is 19.6 Å². The maximum atomic E-state index is 12.4. The zero-order valence-electron chi connectivity index (χ0n) is 15.8. The molecule has 0 atom stereocenters. The van der Waals surface area contributed by atoms with E-state index < -0.39 is 0 Å². The molecule has 0 radical (unpaired) electrons. The van der Waals surface area contributed by atoms with Crippen LogP contribution in [0.3, 0.4) is 0 Å². The van der Waals surface area contributed by atoms with Gasteiger partial charge in [0.25, 0.3) is 5.56 Å². The minimum absolute atomic E-state index is 0.0620. The number of anilines is 2. The minimum Gasteiger partial charge on any atom is -0.330 e. The number of hydrogen-bond donors (Lipinski definition) is 1. The highest BCUT2D eigenvalue weighted by atomic mass is 32.2. The molecular formula is C20H19N5OS2. The Morgan fingerprint density at radius 3 is 2.75 bits per heavy atom. The van der Waals surface area contributed by atoms with Crippen LogP contribution in [0.15, 0.2) is 51.6 Å². The van der Waals surface area contributed by atoms with Crippen LogP contribution in [0.1, 0.15) is 22.5 Å². The Morgan fingerprint density at radius 2 is 1.93 bits per heavy atom. The van der Waals surface area contributed by atoms with Gasteiger partial charge in [-0.3, -0.25) is 9.20 Å². The van der Waals surface area contributed by atoms with E-state index in [2.05, 4.69) is 46.5 Å². The molecule has 4 aromatic rings. The number of benzene rings is 1. The van der Waals surface area contributed by atoms with Gasteiger partial charge in [0.15, 0.2) is 4.34 Å². The van der Waals surface area contributed by atoms with Crippen LogP contribution < -0.4 is 10.9 Å². The Kier molecular flexibility index (Phi) is 5.15. The highest BCUT2D eigenvalue weighted by Crippen LogP contribution is 2.29. The Morgan fingerprint density at radius 1 is 1.07 bits per heavy atom. The van der Waals surface area contributed by atoms with Crippen LogP contribution in [0.5, 0.6) is 0 Å². The smallest absolute Gasteiger partial charge is 0.258 e. The van der Waals surface area contributed by atoms with E-state index in [1.807, 2.05) is 31.2 Å². The molecule has 1 aromatic carbocycles. The molecule has 8 heteroatoms. The summed E-state index contributed by atoms with van der Waals surface area (Å²) in [5.74, 6) is 0.567. The van der Waals surface area contributed by atoms with Crippen molar-refractivity contribution in [3.63, 3.8) is 0 Å². The number of nitrogens with one attached hydrogen (secondary N) is 1. The fraction of sp³-hybridized carbons (Fsp3) is 0.200. The summed E-state index contributed by atoms with van der Waals surface area (Å²) in [6.07, 6.45) is 0. The first kappa shape index (κ1) is 18.6. The minimum atomic E-state index is -0.0620. The second kappa shape index (κ2) is 7.73. The average molecular weight is 410 g/mol. The number of rotatable bonds is 5. The van der Waals surface area contributed by atoms with Crippen molar-refractivity contribution in [3.8, 4) is 0 Å². The molecule has 0 spiro atoms. The van der Waals surface area contributed by atoms with E-state index in [4.69, 9.17) is 0 Å².